The molecule has 3 nitrogen and oxygen atoms in total. The Labute approximate surface area is 79.5 Å². The minimum Gasteiger partial charge on any atom is -0.481 e. The molecule has 2 N–H and O–H groups in total. The second-order valence-corrected chi connectivity index (χ2v) is 3.64. The second kappa shape index (κ2) is 4.61. The zero-order valence-corrected chi connectivity index (χ0v) is 8.42. The largest absolute Gasteiger partial charge is 0.481 e. The van der Waals surface area contributed by atoms with Crippen LogP contribution in [-0.4, -0.2) is 23.2 Å². The Balaban J connectivity index is 0.000000396. The summed E-state index contributed by atoms with van der Waals surface area (Å²) < 4.78 is 0. The third-order valence-electron chi connectivity index (χ3n) is 2.82. The topological polar surface area (TPSA) is 49.3 Å². The van der Waals surface area contributed by atoms with Crippen LogP contribution >= 0.6 is 0 Å². The van der Waals surface area contributed by atoms with E-state index in [4.69, 9.17) is 5.11 Å². The highest BCUT2D eigenvalue weighted by molar-refractivity contribution is 5.70. The molecular weight excluding hydrogens is 166 g/mol. The lowest BCUT2D eigenvalue weighted by atomic mass is 9.93. The maximum atomic E-state index is 10.6. The molecule has 0 aromatic carbocycles. The minimum absolute atomic E-state index is 0.0752. The van der Waals surface area contributed by atoms with E-state index in [1.165, 1.54) is 12.8 Å². The third kappa shape index (κ3) is 2.44. The molecule has 2 fully saturated rings. The van der Waals surface area contributed by atoms with Crippen molar-refractivity contribution in [3.63, 3.8) is 0 Å². The van der Waals surface area contributed by atoms with E-state index in [0.29, 0.717) is 12.1 Å². The first-order chi connectivity index (χ1) is 6.25. The van der Waals surface area contributed by atoms with Gasteiger partial charge in [0.1, 0.15) is 0 Å². The molecule has 0 aromatic rings. The average Bonchev–Trinajstić information content (AvgIpc) is 2.48. The van der Waals surface area contributed by atoms with Crippen LogP contribution in [0.15, 0.2) is 0 Å². The van der Waals surface area contributed by atoms with Crippen LogP contribution in [0.1, 0.15) is 39.5 Å². The number of rotatable bonds is 1. The van der Waals surface area contributed by atoms with Gasteiger partial charge in [-0.1, -0.05) is 13.8 Å². The van der Waals surface area contributed by atoms with Gasteiger partial charge in [0.2, 0.25) is 0 Å². The van der Waals surface area contributed by atoms with Gasteiger partial charge in [-0.2, -0.15) is 0 Å². The lowest BCUT2D eigenvalue weighted by molar-refractivity contribution is -0.143. The van der Waals surface area contributed by atoms with Crippen LogP contribution < -0.4 is 5.32 Å². The van der Waals surface area contributed by atoms with Crippen molar-refractivity contribution in [1.29, 1.82) is 0 Å². The monoisotopic (exact) mass is 185 g/mol. The molecule has 2 aliphatic heterocycles. The van der Waals surface area contributed by atoms with Crippen molar-refractivity contribution in [2.45, 2.75) is 51.6 Å². The number of carboxylic acid groups (broad SMARTS) is 1. The van der Waals surface area contributed by atoms with E-state index in [1.54, 1.807) is 0 Å². The maximum Gasteiger partial charge on any atom is 0.306 e. The van der Waals surface area contributed by atoms with E-state index in [1.807, 2.05) is 13.8 Å². The van der Waals surface area contributed by atoms with Gasteiger partial charge in [0.25, 0.3) is 0 Å². The number of carbonyl (C=O) groups is 1. The van der Waals surface area contributed by atoms with Gasteiger partial charge in [-0.05, 0) is 25.7 Å². The van der Waals surface area contributed by atoms with Crippen LogP contribution in [0, 0.1) is 5.92 Å². The summed E-state index contributed by atoms with van der Waals surface area (Å²) in [7, 11) is 0. The normalized spacial score (nSPS) is 36.3. The number of hydrogen-bond donors (Lipinski definition) is 2. The van der Waals surface area contributed by atoms with Gasteiger partial charge < -0.3 is 10.4 Å². The van der Waals surface area contributed by atoms with Crippen molar-refractivity contribution in [1.82, 2.24) is 5.32 Å². The van der Waals surface area contributed by atoms with Gasteiger partial charge in [-0.3, -0.25) is 4.79 Å². The standard InChI is InChI=1S/C8H13NO2.C2H6/c10-8(11)5-3-6-1-2-7(4-5)9-6;1-2/h5-7,9H,1-4H2,(H,10,11);1-2H3. The lowest BCUT2D eigenvalue weighted by Crippen LogP contribution is -2.40. The molecule has 2 atom stereocenters. The van der Waals surface area contributed by atoms with Crippen molar-refractivity contribution in [3.8, 4) is 0 Å². The summed E-state index contributed by atoms with van der Waals surface area (Å²) in [5.41, 5.74) is 0. The Morgan fingerprint density at radius 2 is 1.69 bits per heavy atom. The highest BCUT2D eigenvalue weighted by Crippen LogP contribution is 2.30. The third-order valence-corrected chi connectivity index (χ3v) is 2.82. The molecule has 0 spiro atoms. The van der Waals surface area contributed by atoms with Crippen LogP contribution in [0.3, 0.4) is 0 Å². The molecular formula is C10H19NO2. The number of nitrogens with one attached hydrogen (secondary N) is 1. The molecule has 0 radical (unpaired) electrons. The van der Waals surface area contributed by atoms with Crippen LogP contribution in [0.5, 0.6) is 0 Å². The van der Waals surface area contributed by atoms with Crippen LogP contribution in [0.2, 0.25) is 0 Å². The molecule has 13 heavy (non-hydrogen) atoms. The molecule has 3 heteroatoms. The summed E-state index contributed by atoms with van der Waals surface area (Å²) in [5.74, 6) is -0.683. The van der Waals surface area contributed by atoms with Crippen LogP contribution in [0.25, 0.3) is 0 Å². The number of aliphatic carboxylic acids is 1. The van der Waals surface area contributed by atoms with E-state index in [9.17, 15) is 4.79 Å². The lowest BCUT2D eigenvalue weighted by Gasteiger charge is -2.25. The Morgan fingerprint density at radius 1 is 1.23 bits per heavy atom. The predicted octanol–water partition coefficient (Wildman–Crippen LogP) is 1.63. The summed E-state index contributed by atoms with van der Waals surface area (Å²) in [5, 5.41) is 12.2. The van der Waals surface area contributed by atoms with Gasteiger partial charge in [0.05, 0.1) is 5.92 Å². The summed E-state index contributed by atoms with van der Waals surface area (Å²) in [6.07, 6.45) is 4.03. The van der Waals surface area contributed by atoms with Crippen molar-refractivity contribution in [2.24, 2.45) is 5.92 Å². The van der Waals surface area contributed by atoms with Crippen molar-refractivity contribution in [2.75, 3.05) is 0 Å². The first-order valence-electron chi connectivity index (χ1n) is 5.24. The zero-order valence-electron chi connectivity index (χ0n) is 8.42. The highest BCUT2D eigenvalue weighted by atomic mass is 16.4. The van der Waals surface area contributed by atoms with Gasteiger partial charge in [-0.25, -0.2) is 0 Å². The molecule has 2 bridgehead atoms. The summed E-state index contributed by atoms with van der Waals surface area (Å²) in [4.78, 5) is 10.6. The fraction of sp³-hybridized carbons (Fsp3) is 0.900. The molecule has 2 unspecified atom stereocenters. The van der Waals surface area contributed by atoms with Crippen molar-refractivity contribution < 1.29 is 9.90 Å². The molecule has 0 aliphatic carbocycles. The van der Waals surface area contributed by atoms with E-state index < -0.39 is 5.97 Å². The van der Waals surface area contributed by atoms with Crippen molar-refractivity contribution >= 4 is 5.97 Å². The number of fused-ring (bicyclic) bond motifs is 2. The Hall–Kier alpha value is -0.570. The fourth-order valence-electron chi connectivity index (χ4n) is 2.26. The van der Waals surface area contributed by atoms with Crippen molar-refractivity contribution in [3.05, 3.63) is 0 Å². The first kappa shape index (κ1) is 10.5. The minimum atomic E-state index is -0.608. The van der Waals surface area contributed by atoms with Gasteiger partial charge in [0, 0.05) is 12.1 Å². The molecule has 0 aromatic heterocycles. The first-order valence-corrected chi connectivity index (χ1v) is 5.24. The smallest absolute Gasteiger partial charge is 0.306 e. The highest BCUT2D eigenvalue weighted by Gasteiger charge is 2.36. The van der Waals surface area contributed by atoms with Crippen LogP contribution in [-0.2, 0) is 4.79 Å². The quantitative estimate of drug-likeness (QED) is 0.652. The molecule has 2 heterocycles. The van der Waals surface area contributed by atoms with E-state index >= 15 is 0 Å². The Kier molecular flexibility index (Phi) is 3.72. The van der Waals surface area contributed by atoms with E-state index in [0.717, 1.165) is 12.8 Å². The number of hydrogen-bond acceptors (Lipinski definition) is 2. The number of piperidine rings is 1. The van der Waals surface area contributed by atoms with Gasteiger partial charge in [0.15, 0.2) is 0 Å². The summed E-state index contributed by atoms with van der Waals surface area (Å²) >= 11 is 0. The SMILES string of the molecule is CC.O=C(O)C1CC2CCC(C1)N2. The second-order valence-electron chi connectivity index (χ2n) is 3.64. The molecule has 0 saturated carbocycles. The fourth-order valence-corrected chi connectivity index (χ4v) is 2.26. The number of carboxylic acids is 1. The average molecular weight is 185 g/mol. The summed E-state index contributed by atoms with van der Waals surface area (Å²) in [6.45, 7) is 4.00. The van der Waals surface area contributed by atoms with Gasteiger partial charge in [-0.15, -0.1) is 0 Å². The Bertz CT molecular complexity index is 170. The van der Waals surface area contributed by atoms with Gasteiger partial charge >= 0.3 is 5.97 Å². The molecule has 2 saturated heterocycles. The Morgan fingerprint density at radius 3 is 2.08 bits per heavy atom. The van der Waals surface area contributed by atoms with E-state index in [2.05, 4.69) is 5.32 Å². The zero-order chi connectivity index (χ0) is 9.84. The van der Waals surface area contributed by atoms with E-state index in [-0.39, 0.29) is 5.92 Å². The maximum absolute atomic E-state index is 10.6. The summed E-state index contributed by atoms with van der Waals surface area (Å²) in [6, 6.07) is 0.990. The molecule has 2 aliphatic rings. The molecule has 76 valence electrons. The van der Waals surface area contributed by atoms with Crippen LogP contribution in [0.4, 0.5) is 0 Å². The molecule has 2 rings (SSSR count). The molecule has 0 amide bonds. The predicted molar refractivity (Wildman–Crippen MR) is 51.7 cm³/mol.